The van der Waals surface area contributed by atoms with Crippen LogP contribution in [0.15, 0.2) is 0 Å². The average molecular weight is 395 g/mol. The minimum absolute atomic E-state index is 0.970. The molecular weight excluding hydrogens is 336 g/mol. The van der Waals surface area contributed by atoms with Crippen LogP contribution in [0.4, 0.5) is 0 Å². The minimum atomic E-state index is 0.970. The molecule has 0 heteroatoms. The SMILES string of the molecule is CCCCCCCCCCCCCCCC[C@H](C)CCCCCCCCCC. The van der Waals surface area contributed by atoms with Crippen LogP contribution < -0.4 is 0 Å². The van der Waals surface area contributed by atoms with Crippen LogP contribution in [0.25, 0.3) is 0 Å². The van der Waals surface area contributed by atoms with E-state index in [-0.39, 0.29) is 0 Å². The molecule has 0 aliphatic heterocycles. The summed E-state index contributed by atoms with van der Waals surface area (Å²) in [6.07, 6.45) is 35.3. The Morgan fingerprint density at radius 3 is 0.786 bits per heavy atom. The lowest BCUT2D eigenvalue weighted by atomic mass is 9.95. The molecule has 0 radical (unpaired) electrons. The van der Waals surface area contributed by atoms with Gasteiger partial charge in [0, 0.05) is 0 Å². The lowest BCUT2D eigenvalue weighted by Gasteiger charge is -2.11. The van der Waals surface area contributed by atoms with Crippen molar-refractivity contribution in [3.8, 4) is 0 Å². The van der Waals surface area contributed by atoms with Crippen molar-refractivity contribution in [3.05, 3.63) is 0 Å². The predicted octanol–water partition coefficient (Wildman–Crippen LogP) is 11.0. The van der Waals surface area contributed by atoms with Gasteiger partial charge in [-0.15, -0.1) is 0 Å². The summed E-state index contributed by atoms with van der Waals surface area (Å²) in [6.45, 7) is 7.10. The van der Waals surface area contributed by atoms with Crippen molar-refractivity contribution in [2.45, 2.75) is 175 Å². The summed E-state index contributed by atoms with van der Waals surface area (Å²) in [5.74, 6) is 0.970. The maximum absolute atomic E-state index is 2.49. The lowest BCUT2D eigenvalue weighted by molar-refractivity contribution is 0.430. The van der Waals surface area contributed by atoms with Gasteiger partial charge in [-0.3, -0.25) is 0 Å². The van der Waals surface area contributed by atoms with E-state index in [9.17, 15) is 0 Å². The molecule has 0 fully saturated rings. The van der Waals surface area contributed by atoms with E-state index < -0.39 is 0 Å². The largest absolute Gasteiger partial charge is 0.0654 e. The first-order valence-electron chi connectivity index (χ1n) is 13.8. The average Bonchev–Trinajstić information content (AvgIpc) is 2.70. The summed E-state index contributed by atoms with van der Waals surface area (Å²) in [4.78, 5) is 0. The Hall–Kier alpha value is 0. The first-order valence-corrected chi connectivity index (χ1v) is 13.8. The monoisotopic (exact) mass is 394 g/mol. The second-order valence-corrected chi connectivity index (χ2v) is 9.75. The van der Waals surface area contributed by atoms with Crippen LogP contribution in [0.3, 0.4) is 0 Å². The Balaban J connectivity index is 3.11. The molecule has 0 rings (SSSR count). The van der Waals surface area contributed by atoms with Gasteiger partial charge in [0.05, 0.1) is 0 Å². The summed E-state index contributed by atoms with van der Waals surface area (Å²) >= 11 is 0. The molecule has 0 heterocycles. The summed E-state index contributed by atoms with van der Waals surface area (Å²) in [5, 5.41) is 0. The third-order valence-corrected chi connectivity index (χ3v) is 6.60. The van der Waals surface area contributed by atoms with E-state index in [1.54, 1.807) is 0 Å². The molecule has 0 amide bonds. The van der Waals surface area contributed by atoms with E-state index in [2.05, 4.69) is 20.8 Å². The highest BCUT2D eigenvalue weighted by Crippen LogP contribution is 2.19. The molecular formula is C28H58. The maximum Gasteiger partial charge on any atom is -0.0443 e. The van der Waals surface area contributed by atoms with E-state index in [0.29, 0.717) is 0 Å². The van der Waals surface area contributed by atoms with Gasteiger partial charge in [0.15, 0.2) is 0 Å². The van der Waals surface area contributed by atoms with Crippen molar-refractivity contribution in [2.75, 3.05) is 0 Å². The van der Waals surface area contributed by atoms with E-state index in [4.69, 9.17) is 0 Å². The van der Waals surface area contributed by atoms with E-state index >= 15 is 0 Å². The molecule has 0 aromatic carbocycles. The second kappa shape index (κ2) is 25.0. The molecule has 0 aliphatic carbocycles. The Morgan fingerprint density at radius 2 is 0.536 bits per heavy atom. The van der Waals surface area contributed by atoms with Gasteiger partial charge in [0.25, 0.3) is 0 Å². The van der Waals surface area contributed by atoms with Crippen molar-refractivity contribution >= 4 is 0 Å². The third kappa shape index (κ3) is 24.0. The van der Waals surface area contributed by atoms with Crippen molar-refractivity contribution in [2.24, 2.45) is 5.92 Å². The normalized spacial score (nSPS) is 12.5. The molecule has 1 atom stereocenters. The molecule has 0 nitrogen and oxygen atoms in total. The summed E-state index contributed by atoms with van der Waals surface area (Å²) < 4.78 is 0. The first kappa shape index (κ1) is 28.0. The standard InChI is InChI=1S/C28H58/c1-4-6-8-10-12-14-15-16-17-18-19-21-23-25-27-28(3)26-24-22-20-13-11-9-7-5-2/h28H,4-27H2,1-3H3/t28-/m1/s1. The van der Waals surface area contributed by atoms with Crippen LogP contribution in [-0.4, -0.2) is 0 Å². The molecule has 0 bridgehead atoms. The van der Waals surface area contributed by atoms with E-state index in [0.717, 1.165) is 5.92 Å². The topological polar surface area (TPSA) is 0 Å². The smallest absolute Gasteiger partial charge is 0.0443 e. The van der Waals surface area contributed by atoms with Gasteiger partial charge in [-0.1, -0.05) is 175 Å². The lowest BCUT2D eigenvalue weighted by Crippen LogP contribution is -1.95. The number of hydrogen-bond donors (Lipinski definition) is 0. The molecule has 0 saturated heterocycles. The molecule has 0 N–H and O–H groups in total. The maximum atomic E-state index is 2.49. The first-order chi connectivity index (χ1) is 13.8. The van der Waals surface area contributed by atoms with Gasteiger partial charge in [0.1, 0.15) is 0 Å². The highest BCUT2D eigenvalue weighted by Gasteiger charge is 2.02. The Bertz CT molecular complexity index is 257. The molecule has 170 valence electrons. The van der Waals surface area contributed by atoms with Crippen molar-refractivity contribution in [1.82, 2.24) is 0 Å². The Kier molecular flexibility index (Phi) is 25.0. The van der Waals surface area contributed by atoms with Crippen molar-refractivity contribution < 1.29 is 0 Å². The van der Waals surface area contributed by atoms with Crippen molar-refractivity contribution in [3.63, 3.8) is 0 Å². The highest BCUT2D eigenvalue weighted by molar-refractivity contribution is 4.56. The number of hydrogen-bond acceptors (Lipinski definition) is 0. The van der Waals surface area contributed by atoms with Gasteiger partial charge < -0.3 is 0 Å². The zero-order chi connectivity index (χ0) is 20.5. The van der Waals surface area contributed by atoms with Gasteiger partial charge in [-0.05, 0) is 5.92 Å². The van der Waals surface area contributed by atoms with Gasteiger partial charge in [-0.25, -0.2) is 0 Å². The summed E-state index contributed by atoms with van der Waals surface area (Å²) in [7, 11) is 0. The van der Waals surface area contributed by atoms with Gasteiger partial charge >= 0.3 is 0 Å². The van der Waals surface area contributed by atoms with Gasteiger partial charge in [-0.2, -0.15) is 0 Å². The zero-order valence-corrected chi connectivity index (χ0v) is 20.5. The van der Waals surface area contributed by atoms with Crippen LogP contribution in [0.5, 0.6) is 0 Å². The summed E-state index contributed by atoms with van der Waals surface area (Å²) in [5.41, 5.74) is 0. The fourth-order valence-electron chi connectivity index (χ4n) is 4.46. The van der Waals surface area contributed by atoms with E-state index in [1.807, 2.05) is 0 Å². The highest BCUT2D eigenvalue weighted by atomic mass is 14.1. The van der Waals surface area contributed by atoms with E-state index in [1.165, 1.54) is 154 Å². The molecule has 0 spiro atoms. The molecule has 0 aliphatic rings. The number of unbranched alkanes of at least 4 members (excludes halogenated alkanes) is 20. The quantitative estimate of drug-likeness (QED) is 0.143. The zero-order valence-electron chi connectivity index (χ0n) is 20.5. The van der Waals surface area contributed by atoms with Crippen LogP contribution in [0.2, 0.25) is 0 Å². The van der Waals surface area contributed by atoms with Crippen LogP contribution in [0, 0.1) is 5.92 Å². The number of rotatable bonds is 24. The molecule has 28 heavy (non-hydrogen) atoms. The predicted molar refractivity (Wildman–Crippen MR) is 131 cm³/mol. The third-order valence-electron chi connectivity index (χ3n) is 6.60. The van der Waals surface area contributed by atoms with Crippen LogP contribution in [-0.2, 0) is 0 Å². The molecule has 0 unspecified atom stereocenters. The van der Waals surface area contributed by atoms with Crippen LogP contribution in [0.1, 0.15) is 175 Å². The van der Waals surface area contributed by atoms with Crippen molar-refractivity contribution in [1.29, 1.82) is 0 Å². The Labute approximate surface area is 181 Å². The fourth-order valence-corrected chi connectivity index (χ4v) is 4.46. The fraction of sp³-hybridized carbons (Fsp3) is 1.00. The molecule has 0 aromatic rings. The minimum Gasteiger partial charge on any atom is -0.0654 e. The van der Waals surface area contributed by atoms with Gasteiger partial charge in [0.2, 0.25) is 0 Å². The second-order valence-electron chi connectivity index (χ2n) is 9.75. The molecule has 0 saturated carbocycles. The molecule has 0 aromatic heterocycles. The summed E-state index contributed by atoms with van der Waals surface area (Å²) in [6, 6.07) is 0. The van der Waals surface area contributed by atoms with Crippen LogP contribution >= 0.6 is 0 Å². The Morgan fingerprint density at radius 1 is 0.321 bits per heavy atom.